The number of benzene rings is 2. The van der Waals surface area contributed by atoms with Crippen LogP contribution >= 0.6 is 11.8 Å². The van der Waals surface area contributed by atoms with Crippen molar-refractivity contribution in [1.82, 2.24) is 5.32 Å². The zero-order valence-electron chi connectivity index (χ0n) is 12.0. The van der Waals surface area contributed by atoms with Gasteiger partial charge in [0.05, 0.1) is 5.69 Å². The molecule has 5 nitrogen and oxygen atoms in total. The lowest BCUT2D eigenvalue weighted by molar-refractivity contribution is 0.229. The van der Waals surface area contributed by atoms with Gasteiger partial charge in [0.2, 0.25) is 0 Å². The van der Waals surface area contributed by atoms with E-state index in [0.29, 0.717) is 5.69 Å². The van der Waals surface area contributed by atoms with E-state index in [2.05, 4.69) is 5.32 Å². The standard InChI is InChI=1S/C16H15N3O2S/c1-22-15-17-14(20)18(12-8-4-2-5-9-12)16(21)19(15)13-10-6-3-7-11-13/h2-11,15H,1H3,(H,17,20). The Morgan fingerprint density at radius 3 is 2.00 bits per heavy atom. The van der Waals surface area contributed by atoms with Gasteiger partial charge in [0, 0.05) is 5.69 Å². The average Bonchev–Trinajstić information content (AvgIpc) is 2.56. The van der Waals surface area contributed by atoms with Gasteiger partial charge in [-0.1, -0.05) is 36.4 Å². The number of hydrogen-bond donors (Lipinski definition) is 1. The van der Waals surface area contributed by atoms with E-state index in [9.17, 15) is 9.59 Å². The van der Waals surface area contributed by atoms with Crippen LogP contribution in [0.2, 0.25) is 0 Å². The van der Waals surface area contributed by atoms with Gasteiger partial charge in [0.1, 0.15) is 0 Å². The van der Waals surface area contributed by atoms with Crippen molar-refractivity contribution in [2.75, 3.05) is 16.1 Å². The smallest absolute Gasteiger partial charge is 0.308 e. The van der Waals surface area contributed by atoms with Gasteiger partial charge >= 0.3 is 12.1 Å². The Morgan fingerprint density at radius 2 is 1.45 bits per heavy atom. The van der Waals surface area contributed by atoms with Gasteiger partial charge in [-0.2, -0.15) is 0 Å². The van der Waals surface area contributed by atoms with Gasteiger partial charge in [-0.3, -0.25) is 4.90 Å². The summed E-state index contributed by atoms with van der Waals surface area (Å²) in [6.07, 6.45) is 1.85. The summed E-state index contributed by atoms with van der Waals surface area (Å²) in [7, 11) is 0. The van der Waals surface area contributed by atoms with Crippen LogP contribution in [-0.4, -0.2) is 23.8 Å². The third-order valence-corrected chi connectivity index (χ3v) is 4.13. The second-order valence-corrected chi connectivity index (χ2v) is 5.61. The molecular formula is C16H15N3O2S. The molecule has 1 N–H and O–H groups in total. The number of para-hydroxylation sites is 2. The maximum atomic E-state index is 12.9. The van der Waals surface area contributed by atoms with Crippen molar-refractivity contribution in [3.8, 4) is 0 Å². The number of nitrogens with zero attached hydrogens (tertiary/aromatic N) is 2. The summed E-state index contributed by atoms with van der Waals surface area (Å²) in [4.78, 5) is 27.9. The maximum Gasteiger partial charge on any atom is 0.339 e. The Labute approximate surface area is 132 Å². The molecule has 1 fully saturated rings. The van der Waals surface area contributed by atoms with Crippen molar-refractivity contribution in [3.05, 3.63) is 60.7 Å². The molecule has 1 saturated heterocycles. The second-order valence-electron chi connectivity index (χ2n) is 4.70. The maximum absolute atomic E-state index is 12.9. The lowest BCUT2D eigenvalue weighted by atomic mass is 10.2. The second kappa shape index (κ2) is 6.11. The number of carbonyl (C=O) groups is 2. The number of anilines is 2. The first-order valence-electron chi connectivity index (χ1n) is 6.79. The van der Waals surface area contributed by atoms with Crippen LogP contribution in [0.15, 0.2) is 60.7 Å². The zero-order chi connectivity index (χ0) is 15.5. The van der Waals surface area contributed by atoms with Gasteiger partial charge in [-0.15, -0.1) is 11.8 Å². The third-order valence-electron chi connectivity index (χ3n) is 3.35. The molecule has 1 unspecified atom stereocenters. The summed E-state index contributed by atoms with van der Waals surface area (Å²) in [6, 6.07) is 17.4. The number of carbonyl (C=O) groups excluding carboxylic acids is 2. The highest BCUT2D eigenvalue weighted by Crippen LogP contribution is 2.28. The lowest BCUT2D eigenvalue weighted by Crippen LogP contribution is -2.64. The van der Waals surface area contributed by atoms with Crippen LogP contribution in [0, 0.1) is 0 Å². The van der Waals surface area contributed by atoms with Crippen molar-refractivity contribution in [2.45, 2.75) is 5.50 Å². The van der Waals surface area contributed by atoms with E-state index < -0.39 is 11.5 Å². The first kappa shape index (κ1) is 14.5. The summed E-state index contributed by atoms with van der Waals surface area (Å²) in [5.74, 6) is 0. The molecule has 0 radical (unpaired) electrons. The highest BCUT2D eigenvalue weighted by molar-refractivity contribution is 7.99. The number of imide groups is 1. The van der Waals surface area contributed by atoms with Crippen LogP contribution < -0.4 is 15.1 Å². The average molecular weight is 313 g/mol. The van der Waals surface area contributed by atoms with Crippen molar-refractivity contribution in [2.24, 2.45) is 0 Å². The molecular weight excluding hydrogens is 298 g/mol. The summed E-state index contributed by atoms with van der Waals surface area (Å²) in [5.41, 5.74) is 0.862. The molecule has 112 valence electrons. The first-order chi connectivity index (χ1) is 10.7. The van der Waals surface area contributed by atoms with Crippen molar-refractivity contribution < 1.29 is 9.59 Å². The number of nitrogens with one attached hydrogen (secondary N) is 1. The molecule has 0 saturated carbocycles. The molecule has 0 spiro atoms. The minimum Gasteiger partial charge on any atom is -0.308 e. The quantitative estimate of drug-likeness (QED) is 0.943. The van der Waals surface area contributed by atoms with E-state index in [1.165, 1.54) is 11.8 Å². The zero-order valence-corrected chi connectivity index (χ0v) is 12.8. The van der Waals surface area contributed by atoms with E-state index >= 15 is 0 Å². The van der Waals surface area contributed by atoms with Gasteiger partial charge < -0.3 is 5.32 Å². The highest BCUT2D eigenvalue weighted by atomic mass is 32.2. The van der Waals surface area contributed by atoms with E-state index in [1.807, 2.05) is 42.7 Å². The van der Waals surface area contributed by atoms with Gasteiger partial charge in [0.15, 0.2) is 5.50 Å². The van der Waals surface area contributed by atoms with Gasteiger partial charge in [-0.05, 0) is 30.5 Å². The fourth-order valence-corrected chi connectivity index (χ4v) is 2.97. The normalized spacial score (nSPS) is 18.3. The molecule has 1 aliphatic rings. The molecule has 0 aliphatic carbocycles. The van der Waals surface area contributed by atoms with E-state index in [4.69, 9.17) is 0 Å². The Kier molecular flexibility index (Phi) is 4.02. The lowest BCUT2D eigenvalue weighted by Gasteiger charge is -2.39. The van der Waals surface area contributed by atoms with E-state index in [0.717, 1.165) is 10.6 Å². The van der Waals surface area contributed by atoms with Crippen LogP contribution in [-0.2, 0) is 0 Å². The molecule has 1 atom stereocenters. The first-order valence-corrected chi connectivity index (χ1v) is 8.08. The van der Waals surface area contributed by atoms with Crippen molar-refractivity contribution in [1.29, 1.82) is 0 Å². The predicted octanol–water partition coefficient (Wildman–Crippen LogP) is 3.49. The van der Waals surface area contributed by atoms with Crippen LogP contribution in [0.3, 0.4) is 0 Å². The minimum atomic E-state index is -0.428. The number of amides is 4. The molecule has 2 aromatic carbocycles. The fourth-order valence-electron chi connectivity index (χ4n) is 2.33. The Morgan fingerprint density at radius 1 is 0.909 bits per heavy atom. The summed E-state index contributed by atoms with van der Waals surface area (Å²) >= 11 is 1.40. The third kappa shape index (κ3) is 2.53. The van der Waals surface area contributed by atoms with Gasteiger partial charge in [-0.25, -0.2) is 14.5 Å². The highest BCUT2D eigenvalue weighted by Gasteiger charge is 2.39. The summed E-state index contributed by atoms with van der Waals surface area (Å²) in [5, 5.41) is 2.85. The number of thioether (sulfide) groups is 1. The molecule has 4 amide bonds. The monoisotopic (exact) mass is 313 g/mol. The van der Waals surface area contributed by atoms with Crippen LogP contribution in [0.4, 0.5) is 21.0 Å². The molecule has 6 heteroatoms. The number of rotatable bonds is 3. The summed E-state index contributed by atoms with van der Waals surface area (Å²) in [6.45, 7) is 0. The van der Waals surface area contributed by atoms with Crippen LogP contribution in [0.5, 0.6) is 0 Å². The number of urea groups is 2. The fraction of sp³-hybridized carbons (Fsp3) is 0.125. The Bertz CT molecular complexity index is 678. The molecule has 2 aromatic rings. The molecule has 22 heavy (non-hydrogen) atoms. The molecule has 3 rings (SSSR count). The largest absolute Gasteiger partial charge is 0.339 e. The topological polar surface area (TPSA) is 52.7 Å². The number of hydrogen-bond acceptors (Lipinski definition) is 3. The molecule has 0 aromatic heterocycles. The van der Waals surface area contributed by atoms with Crippen molar-refractivity contribution in [3.63, 3.8) is 0 Å². The van der Waals surface area contributed by atoms with Gasteiger partial charge in [0.25, 0.3) is 0 Å². The molecule has 0 bridgehead atoms. The Hall–Kier alpha value is -2.47. The molecule has 1 heterocycles. The Balaban J connectivity index is 2.01. The SMILES string of the molecule is CSC1NC(=O)N(c2ccccc2)C(=O)N1c1ccccc1. The predicted molar refractivity (Wildman–Crippen MR) is 89.1 cm³/mol. The minimum absolute atomic E-state index is 0.361. The summed E-state index contributed by atoms with van der Waals surface area (Å²) < 4.78 is 0. The van der Waals surface area contributed by atoms with Crippen molar-refractivity contribution >= 4 is 35.2 Å². The molecule has 1 aliphatic heterocycles. The van der Waals surface area contributed by atoms with Crippen LogP contribution in [0.25, 0.3) is 0 Å². The van der Waals surface area contributed by atoms with E-state index in [-0.39, 0.29) is 6.03 Å². The van der Waals surface area contributed by atoms with E-state index in [1.54, 1.807) is 29.2 Å². The van der Waals surface area contributed by atoms with Crippen LogP contribution in [0.1, 0.15) is 0 Å².